The van der Waals surface area contributed by atoms with E-state index >= 15 is 0 Å². The topological polar surface area (TPSA) is 98.2 Å². The Morgan fingerprint density at radius 2 is 1.64 bits per heavy atom. The first-order valence-corrected chi connectivity index (χ1v) is 12.2. The summed E-state index contributed by atoms with van der Waals surface area (Å²) in [4.78, 5) is 32.4. The lowest BCUT2D eigenvalue weighted by atomic mass is 9.95. The number of ether oxygens (including phenoxy) is 3. The number of hydrogen-bond donors (Lipinski definition) is 1. The van der Waals surface area contributed by atoms with Gasteiger partial charge in [-0.3, -0.25) is 19.5 Å². The monoisotopic (exact) mass is 522 g/mol. The van der Waals surface area contributed by atoms with Crippen LogP contribution in [0.4, 0.5) is 5.69 Å². The van der Waals surface area contributed by atoms with Crippen LogP contribution in [0.3, 0.4) is 0 Å². The molecule has 8 nitrogen and oxygen atoms in total. The number of aryl methyl sites for hydroxylation is 1. The standard InChI is InChI=1S/C31H26N2O6/c1-19-6-4-8-24(16-19)39-22-11-9-21(10-12-22)33-28(20-7-5-15-32-18-20)27(30(35)31(33)36)29(34)25-17-23(37-2)13-14-26(25)38-3/h4-18,28,34H,1-3H3/b29-27+. The van der Waals surface area contributed by atoms with Crippen LogP contribution in [0.15, 0.2) is 96.8 Å². The molecular formula is C31H26N2O6. The number of benzene rings is 3. The number of amides is 1. The summed E-state index contributed by atoms with van der Waals surface area (Å²) in [6.07, 6.45) is 3.16. The predicted octanol–water partition coefficient (Wildman–Crippen LogP) is 5.83. The number of hydrogen-bond acceptors (Lipinski definition) is 7. The lowest BCUT2D eigenvalue weighted by Crippen LogP contribution is -2.29. The molecule has 0 aliphatic carbocycles. The van der Waals surface area contributed by atoms with E-state index < -0.39 is 17.7 Å². The van der Waals surface area contributed by atoms with Crippen LogP contribution in [-0.2, 0) is 9.59 Å². The molecule has 0 saturated carbocycles. The molecule has 0 bridgehead atoms. The first-order valence-electron chi connectivity index (χ1n) is 12.2. The minimum absolute atomic E-state index is 0.0837. The second-order valence-corrected chi connectivity index (χ2v) is 8.93. The normalized spacial score (nSPS) is 16.3. The molecule has 1 amide bonds. The summed E-state index contributed by atoms with van der Waals surface area (Å²) >= 11 is 0. The number of aliphatic hydroxyl groups is 1. The Hall–Kier alpha value is -5.11. The fraction of sp³-hybridized carbons (Fsp3) is 0.129. The van der Waals surface area contributed by atoms with Gasteiger partial charge < -0.3 is 19.3 Å². The van der Waals surface area contributed by atoms with Gasteiger partial charge in [0, 0.05) is 18.1 Å². The van der Waals surface area contributed by atoms with Gasteiger partial charge in [0.05, 0.1) is 31.4 Å². The second kappa shape index (κ2) is 10.7. The summed E-state index contributed by atoms with van der Waals surface area (Å²) in [7, 11) is 2.95. The van der Waals surface area contributed by atoms with E-state index in [2.05, 4.69) is 4.98 Å². The van der Waals surface area contributed by atoms with Gasteiger partial charge in [-0.15, -0.1) is 0 Å². The Morgan fingerprint density at radius 1 is 0.872 bits per heavy atom. The Labute approximate surface area is 225 Å². The predicted molar refractivity (Wildman–Crippen MR) is 146 cm³/mol. The number of ketones is 1. The zero-order valence-electron chi connectivity index (χ0n) is 21.6. The molecule has 1 saturated heterocycles. The Bertz CT molecular complexity index is 1560. The molecule has 0 radical (unpaired) electrons. The lowest BCUT2D eigenvalue weighted by molar-refractivity contribution is -0.132. The van der Waals surface area contributed by atoms with Crippen molar-refractivity contribution < 1.29 is 28.9 Å². The zero-order valence-corrected chi connectivity index (χ0v) is 21.6. The van der Waals surface area contributed by atoms with E-state index in [0.717, 1.165) is 5.56 Å². The SMILES string of the molecule is COc1ccc(OC)c(/C(O)=C2\C(=O)C(=O)N(c3ccc(Oc4cccc(C)c4)cc3)C2c2cccnc2)c1. The maximum atomic E-state index is 13.5. The van der Waals surface area contributed by atoms with E-state index in [-0.39, 0.29) is 16.9 Å². The van der Waals surface area contributed by atoms with Gasteiger partial charge in [-0.05, 0) is 78.7 Å². The number of aliphatic hydroxyl groups excluding tert-OH is 1. The summed E-state index contributed by atoms with van der Waals surface area (Å²) in [5.74, 6) is 0.0485. The van der Waals surface area contributed by atoms with Crippen LogP contribution in [0.25, 0.3) is 5.76 Å². The van der Waals surface area contributed by atoms with Crippen LogP contribution in [-0.4, -0.2) is 36.0 Å². The number of anilines is 1. The van der Waals surface area contributed by atoms with Gasteiger partial charge in [-0.25, -0.2) is 0 Å². The third-order valence-corrected chi connectivity index (χ3v) is 6.45. The van der Waals surface area contributed by atoms with Crippen molar-refractivity contribution in [2.24, 2.45) is 0 Å². The van der Waals surface area contributed by atoms with Crippen molar-refractivity contribution in [2.45, 2.75) is 13.0 Å². The highest BCUT2D eigenvalue weighted by molar-refractivity contribution is 6.51. The van der Waals surface area contributed by atoms with Gasteiger partial charge in [-0.2, -0.15) is 0 Å². The van der Waals surface area contributed by atoms with Crippen LogP contribution in [0, 0.1) is 6.92 Å². The van der Waals surface area contributed by atoms with Crippen molar-refractivity contribution in [3.8, 4) is 23.0 Å². The quantitative estimate of drug-likeness (QED) is 0.185. The Morgan fingerprint density at radius 3 is 2.31 bits per heavy atom. The van der Waals surface area contributed by atoms with Gasteiger partial charge in [-0.1, -0.05) is 18.2 Å². The summed E-state index contributed by atoms with van der Waals surface area (Å²) in [6, 6.07) is 21.9. The smallest absolute Gasteiger partial charge is 0.300 e. The van der Waals surface area contributed by atoms with Crippen molar-refractivity contribution in [1.29, 1.82) is 0 Å². The molecule has 1 aliphatic rings. The molecular weight excluding hydrogens is 496 g/mol. The first-order chi connectivity index (χ1) is 18.9. The molecule has 1 unspecified atom stereocenters. The van der Waals surface area contributed by atoms with Crippen LogP contribution >= 0.6 is 0 Å². The minimum Gasteiger partial charge on any atom is -0.507 e. The highest BCUT2D eigenvalue weighted by atomic mass is 16.5. The van der Waals surface area contributed by atoms with Crippen molar-refractivity contribution in [2.75, 3.05) is 19.1 Å². The maximum absolute atomic E-state index is 13.5. The summed E-state index contributed by atoms with van der Waals surface area (Å²) in [6.45, 7) is 1.98. The fourth-order valence-electron chi connectivity index (χ4n) is 4.59. The van der Waals surface area contributed by atoms with E-state index in [0.29, 0.717) is 34.2 Å². The number of Topliss-reactive ketones (excluding diaryl/α,β-unsaturated/α-hetero) is 1. The molecule has 1 aliphatic heterocycles. The number of carbonyl (C=O) groups is 2. The van der Waals surface area contributed by atoms with E-state index in [1.165, 1.54) is 19.1 Å². The van der Waals surface area contributed by atoms with Crippen molar-refractivity contribution in [1.82, 2.24) is 4.98 Å². The summed E-state index contributed by atoms with van der Waals surface area (Å²) in [5.41, 5.74) is 2.22. The molecule has 3 aromatic carbocycles. The molecule has 1 aromatic heterocycles. The van der Waals surface area contributed by atoms with E-state index in [9.17, 15) is 14.7 Å². The van der Waals surface area contributed by atoms with Crippen molar-refractivity contribution in [3.63, 3.8) is 0 Å². The van der Waals surface area contributed by atoms with Crippen LogP contribution in [0.2, 0.25) is 0 Å². The average Bonchev–Trinajstić information content (AvgIpc) is 3.23. The molecule has 196 valence electrons. The highest BCUT2D eigenvalue weighted by Crippen LogP contribution is 2.44. The van der Waals surface area contributed by atoms with Gasteiger partial charge in [0.1, 0.15) is 28.8 Å². The van der Waals surface area contributed by atoms with E-state index in [1.54, 1.807) is 67.0 Å². The van der Waals surface area contributed by atoms with Crippen molar-refractivity contribution >= 4 is 23.1 Å². The van der Waals surface area contributed by atoms with Crippen LogP contribution in [0.5, 0.6) is 23.0 Å². The molecule has 1 atom stereocenters. The maximum Gasteiger partial charge on any atom is 0.300 e. The average molecular weight is 523 g/mol. The number of carbonyl (C=O) groups excluding carboxylic acids is 2. The van der Waals surface area contributed by atoms with Gasteiger partial charge in [0.15, 0.2) is 0 Å². The molecule has 8 heteroatoms. The molecule has 39 heavy (non-hydrogen) atoms. The summed E-state index contributed by atoms with van der Waals surface area (Å²) in [5, 5.41) is 11.5. The number of nitrogens with zero attached hydrogens (tertiary/aromatic N) is 2. The summed E-state index contributed by atoms with van der Waals surface area (Å²) < 4.78 is 16.7. The third kappa shape index (κ3) is 4.92. The van der Waals surface area contributed by atoms with Gasteiger partial charge >= 0.3 is 0 Å². The van der Waals surface area contributed by atoms with Gasteiger partial charge in [0.25, 0.3) is 11.7 Å². The Kier molecular flexibility index (Phi) is 7.01. The van der Waals surface area contributed by atoms with E-state index in [4.69, 9.17) is 14.2 Å². The van der Waals surface area contributed by atoms with Crippen LogP contribution < -0.4 is 19.1 Å². The highest BCUT2D eigenvalue weighted by Gasteiger charge is 2.47. The lowest BCUT2D eigenvalue weighted by Gasteiger charge is -2.25. The molecule has 2 heterocycles. The van der Waals surface area contributed by atoms with Gasteiger partial charge in [0.2, 0.25) is 0 Å². The van der Waals surface area contributed by atoms with Crippen LogP contribution in [0.1, 0.15) is 22.7 Å². The number of methoxy groups -OCH3 is 2. The first kappa shape index (κ1) is 25.5. The Balaban J connectivity index is 1.60. The molecule has 0 spiro atoms. The molecule has 1 fully saturated rings. The second-order valence-electron chi connectivity index (χ2n) is 8.93. The number of aromatic nitrogens is 1. The third-order valence-electron chi connectivity index (χ3n) is 6.45. The fourth-order valence-corrected chi connectivity index (χ4v) is 4.59. The van der Waals surface area contributed by atoms with E-state index in [1.807, 2.05) is 31.2 Å². The molecule has 4 aromatic rings. The largest absolute Gasteiger partial charge is 0.507 e. The zero-order chi connectivity index (χ0) is 27.5. The molecule has 1 N–H and O–H groups in total. The molecule has 5 rings (SSSR count). The number of pyridine rings is 1. The number of rotatable bonds is 7. The van der Waals surface area contributed by atoms with Crippen molar-refractivity contribution in [3.05, 3.63) is 114 Å². The minimum atomic E-state index is -0.932.